The van der Waals surface area contributed by atoms with E-state index < -0.39 is 4.92 Å². The molecule has 1 N–H and O–H groups in total. The lowest BCUT2D eigenvalue weighted by atomic mass is 10.1. The topological polar surface area (TPSA) is 83.7 Å². The van der Waals surface area contributed by atoms with Crippen LogP contribution in [0.1, 0.15) is 6.42 Å². The van der Waals surface area contributed by atoms with E-state index in [-0.39, 0.29) is 47.8 Å². The molecule has 1 fully saturated rings. The van der Waals surface area contributed by atoms with Crippen molar-refractivity contribution in [2.45, 2.75) is 6.42 Å². The van der Waals surface area contributed by atoms with Crippen LogP contribution in [-0.4, -0.2) is 29.1 Å². The van der Waals surface area contributed by atoms with Crippen molar-refractivity contribution in [1.82, 2.24) is 0 Å². The van der Waals surface area contributed by atoms with E-state index in [0.717, 1.165) is 0 Å². The molecule has 0 aliphatic carbocycles. The van der Waals surface area contributed by atoms with Gasteiger partial charge in [-0.25, -0.2) is 0 Å². The average Bonchev–Trinajstić information content (AvgIpc) is 2.69. The number of amides is 1. The number of carbonyl (C=O) groups excluding carboxylic acids is 1. The number of anilines is 1. The molecule has 1 atom stereocenters. The maximum Gasteiger partial charge on any atom is 0.295 e. The summed E-state index contributed by atoms with van der Waals surface area (Å²) in [5.41, 5.74) is -0.137. The van der Waals surface area contributed by atoms with Crippen LogP contribution in [-0.2, 0) is 4.79 Å². The molecule has 1 aromatic rings. The molecule has 1 unspecified atom stereocenters. The fraction of sp³-hybridized carbons (Fsp3) is 0.364. The smallest absolute Gasteiger partial charge is 0.295 e. The molecule has 0 aromatic heterocycles. The van der Waals surface area contributed by atoms with Gasteiger partial charge in [-0.05, 0) is 6.07 Å². The van der Waals surface area contributed by atoms with E-state index in [4.69, 9.17) is 16.7 Å². The lowest BCUT2D eigenvalue weighted by molar-refractivity contribution is -0.384. The van der Waals surface area contributed by atoms with E-state index in [0.29, 0.717) is 4.47 Å². The Kier molecular flexibility index (Phi) is 4.07. The van der Waals surface area contributed by atoms with Gasteiger partial charge in [0, 0.05) is 36.0 Å². The van der Waals surface area contributed by atoms with E-state index in [2.05, 4.69) is 15.9 Å². The summed E-state index contributed by atoms with van der Waals surface area (Å²) in [5.74, 6) is -0.488. The molecule has 0 spiro atoms. The lowest BCUT2D eigenvalue weighted by Crippen LogP contribution is -2.26. The molecule has 0 radical (unpaired) electrons. The van der Waals surface area contributed by atoms with Crippen molar-refractivity contribution in [2.24, 2.45) is 5.92 Å². The fourth-order valence-corrected chi connectivity index (χ4v) is 2.97. The number of nitro groups is 1. The largest absolute Gasteiger partial charge is 0.396 e. The van der Waals surface area contributed by atoms with Gasteiger partial charge in [-0.15, -0.1) is 0 Å². The van der Waals surface area contributed by atoms with Gasteiger partial charge in [-0.1, -0.05) is 27.5 Å². The van der Waals surface area contributed by atoms with Crippen LogP contribution in [0.25, 0.3) is 0 Å². The first-order chi connectivity index (χ1) is 8.93. The number of rotatable bonds is 3. The summed E-state index contributed by atoms with van der Waals surface area (Å²) in [4.78, 5) is 23.7. The summed E-state index contributed by atoms with van der Waals surface area (Å²) in [6.07, 6.45) is 0.167. The molecular weight excluding hydrogens is 339 g/mol. The molecule has 0 saturated carbocycles. The molecule has 0 bridgehead atoms. The third kappa shape index (κ3) is 2.72. The van der Waals surface area contributed by atoms with Crippen molar-refractivity contribution >= 4 is 44.8 Å². The number of benzene rings is 1. The van der Waals surface area contributed by atoms with Crippen molar-refractivity contribution in [3.8, 4) is 0 Å². The minimum atomic E-state index is -0.578. The Bertz CT molecular complexity index is 552. The molecule has 1 aromatic carbocycles. The summed E-state index contributed by atoms with van der Waals surface area (Å²) < 4.78 is 0.471. The molecule has 2 rings (SSSR count). The first kappa shape index (κ1) is 14.2. The molecular formula is C11H10BrClN2O4. The highest BCUT2D eigenvalue weighted by atomic mass is 79.9. The second kappa shape index (κ2) is 5.44. The average molecular weight is 350 g/mol. The van der Waals surface area contributed by atoms with Crippen LogP contribution in [0.2, 0.25) is 5.02 Å². The van der Waals surface area contributed by atoms with Gasteiger partial charge in [0.25, 0.3) is 5.69 Å². The van der Waals surface area contributed by atoms with Crippen molar-refractivity contribution in [2.75, 3.05) is 18.1 Å². The number of nitrogens with zero attached hydrogens (tertiary/aromatic N) is 2. The Labute approximate surface area is 122 Å². The van der Waals surface area contributed by atoms with E-state index in [1.54, 1.807) is 0 Å². The number of aliphatic hydroxyl groups excluding tert-OH is 1. The number of carbonyl (C=O) groups is 1. The molecule has 8 heteroatoms. The van der Waals surface area contributed by atoms with Gasteiger partial charge in [0.1, 0.15) is 5.69 Å². The monoisotopic (exact) mass is 348 g/mol. The molecule has 1 amide bonds. The maximum atomic E-state index is 11.9. The third-order valence-corrected chi connectivity index (χ3v) is 3.68. The molecule has 1 heterocycles. The van der Waals surface area contributed by atoms with Crippen LogP contribution in [0.4, 0.5) is 11.4 Å². The molecule has 102 valence electrons. The van der Waals surface area contributed by atoms with Crippen molar-refractivity contribution < 1.29 is 14.8 Å². The van der Waals surface area contributed by atoms with Gasteiger partial charge < -0.3 is 10.0 Å². The van der Waals surface area contributed by atoms with Crippen LogP contribution in [0.15, 0.2) is 16.6 Å². The number of aliphatic hydroxyl groups is 1. The zero-order valence-electron chi connectivity index (χ0n) is 9.68. The van der Waals surface area contributed by atoms with E-state index in [1.165, 1.54) is 17.0 Å². The Morgan fingerprint density at radius 1 is 1.58 bits per heavy atom. The summed E-state index contributed by atoms with van der Waals surface area (Å²) in [7, 11) is 0. The predicted molar refractivity (Wildman–Crippen MR) is 73.4 cm³/mol. The highest BCUT2D eigenvalue weighted by molar-refractivity contribution is 9.10. The normalized spacial score (nSPS) is 19.0. The quantitative estimate of drug-likeness (QED) is 0.670. The summed E-state index contributed by atoms with van der Waals surface area (Å²) >= 11 is 9.16. The lowest BCUT2D eigenvalue weighted by Gasteiger charge is -2.18. The zero-order valence-corrected chi connectivity index (χ0v) is 12.0. The number of hydrogen-bond acceptors (Lipinski definition) is 4. The van der Waals surface area contributed by atoms with Crippen molar-refractivity contribution in [3.63, 3.8) is 0 Å². The Morgan fingerprint density at radius 3 is 2.79 bits per heavy atom. The van der Waals surface area contributed by atoms with Crippen LogP contribution < -0.4 is 4.90 Å². The van der Waals surface area contributed by atoms with Crippen LogP contribution >= 0.6 is 27.5 Å². The molecule has 1 saturated heterocycles. The summed E-state index contributed by atoms with van der Waals surface area (Å²) in [6.45, 7) is 0.0989. The second-order valence-corrected chi connectivity index (χ2v) is 5.59. The van der Waals surface area contributed by atoms with Gasteiger partial charge in [-0.3, -0.25) is 14.9 Å². The number of nitro benzene ring substituents is 1. The van der Waals surface area contributed by atoms with Gasteiger partial charge in [0.05, 0.1) is 9.95 Å². The third-order valence-electron chi connectivity index (χ3n) is 2.94. The van der Waals surface area contributed by atoms with Crippen LogP contribution in [0.5, 0.6) is 0 Å². The van der Waals surface area contributed by atoms with Gasteiger partial charge in [0.2, 0.25) is 5.91 Å². The molecule has 1 aliphatic heterocycles. The van der Waals surface area contributed by atoms with Crippen LogP contribution in [0.3, 0.4) is 0 Å². The SMILES string of the molecule is O=C1CC(CO)CN1c1c(Cl)cc(Br)cc1[N+](=O)[O-]. The Balaban J connectivity index is 2.50. The minimum absolute atomic E-state index is 0.0933. The molecule has 1 aliphatic rings. The Hall–Kier alpha value is -1.18. The second-order valence-electron chi connectivity index (χ2n) is 4.27. The predicted octanol–water partition coefficient (Wildman–Crippen LogP) is 2.36. The van der Waals surface area contributed by atoms with E-state index in [1.807, 2.05) is 0 Å². The van der Waals surface area contributed by atoms with Gasteiger partial charge in [-0.2, -0.15) is 0 Å². The minimum Gasteiger partial charge on any atom is -0.396 e. The molecule has 6 nitrogen and oxygen atoms in total. The van der Waals surface area contributed by atoms with E-state index >= 15 is 0 Å². The van der Waals surface area contributed by atoms with Crippen molar-refractivity contribution in [3.05, 3.63) is 31.7 Å². The van der Waals surface area contributed by atoms with Gasteiger partial charge >= 0.3 is 0 Å². The number of halogens is 2. The maximum absolute atomic E-state index is 11.9. The first-order valence-corrected chi connectivity index (χ1v) is 6.65. The van der Waals surface area contributed by atoms with Gasteiger partial charge in [0.15, 0.2) is 0 Å². The van der Waals surface area contributed by atoms with Crippen LogP contribution in [0, 0.1) is 16.0 Å². The first-order valence-electron chi connectivity index (χ1n) is 5.48. The Morgan fingerprint density at radius 2 is 2.26 bits per heavy atom. The highest BCUT2D eigenvalue weighted by Crippen LogP contribution is 2.40. The highest BCUT2D eigenvalue weighted by Gasteiger charge is 2.35. The van der Waals surface area contributed by atoms with Crippen molar-refractivity contribution in [1.29, 1.82) is 0 Å². The summed E-state index contributed by atoms with van der Waals surface area (Å²) in [6, 6.07) is 2.81. The fourth-order valence-electron chi connectivity index (χ4n) is 2.08. The summed E-state index contributed by atoms with van der Waals surface area (Å²) in [5, 5.41) is 20.3. The number of hydrogen-bond donors (Lipinski definition) is 1. The standard InChI is InChI=1S/C11H10BrClN2O4/c12-7-2-8(13)11(9(3-7)15(18)19)14-4-6(5-16)1-10(14)17/h2-3,6,16H,1,4-5H2. The van der Waals surface area contributed by atoms with E-state index in [9.17, 15) is 14.9 Å². The zero-order chi connectivity index (χ0) is 14.2. The molecule has 19 heavy (non-hydrogen) atoms.